The highest BCUT2D eigenvalue weighted by Crippen LogP contribution is 2.15. The van der Waals surface area contributed by atoms with Gasteiger partial charge in [0.25, 0.3) is 0 Å². The van der Waals surface area contributed by atoms with Crippen LogP contribution in [0, 0.1) is 0 Å². The Morgan fingerprint density at radius 2 is 1.95 bits per heavy atom. The van der Waals surface area contributed by atoms with Crippen LogP contribution in [0.2, 0.25) is 5.02 Å². The zero-order valence-corrected chi connectivity index (χ0v) is 11.9. The van der Waals surface area contributed by atoms with E-state index in [4.69, 9.17) is 16.0 Å². The minimum atomic E-state index is -3.52. The molecule has 0 radical (unpaired) electrons. The van der Waals surface area contributed by atoms with Crippen molar-refractivity contribution in [1.29, 1.82) is 0 Å². The molecule has 0 aliphatic carbocycles. The lowest BCUT2D eigenvalue weighted by atomic mass is 10.1. The first-order chi connectivity index (χ1) is 8.97. The molecule has 0 saturated carbocycles. The summed E-state index contributed by atoms with van der Waals surface area (Å²) in [6.45, 7) is 1.81. The van der Waals surface area contributed by atoms with Gasteiger partial charge in [0.1, 0.15) is 0 Å². The van der Waals surface area contributed by atoms with Gasteiger partial charge in [0.2, 0.25) is 10.0 Å². The first-order valence-electron chi connectivity index (χ1n) is 5.76. The summed E-state index contributed by atoms with van der Waals surface area (Å²) < 4.78 is 31.8. The molecule has 19 heavy (non-hydrogen) atoms. The summed E-state index contributed by atoms with van der Waals surface area (Å²) in [5.74, 6) is 0. The minimum Gasteiger partial charge on any atom is -0.472 e. The number of hydrogen-bond donors (Lipinski definition) is 1. The van der Waals surface area contributed by atoms with E-state index < -0.39 is 10.0 Å². The zero-order valence-electron chi connectivity index (χ0n) is 10.3. The van der Waals surface area contributed by atoms with Gasteiger partial charge in [-0.1, -0.05) is 11.6 Å². The second kappa shape index (κ2) is 5.77. The Bertz CT molecular complexity index is 620. The van der Waals surface area contributed by atoms with E-state index in [1.165, 1.54) is 12.1 Å². The third-order valence-corrected chi connectivity index (χ3v) is 4.46. The van der Waals surface area contributed by atoms with Crippen LogP contribution in [0.5, 0.6) is 0 Å². The van der Waals surface area contributed by atoms with E-state index in [1.807, 2.05) is 6.07 Å². The molecule has 0 aliphatic rings. The quantitative estimate of drug-likeness (QED) is 0.923. The van der Waals surface area contributed by atoms with Gasteiger partial charge in [0.05, 0.1) is 17.4 Å². The predicted molar refractivity (Wildman–Crippen MR) is 73.6 cm³/mol. The molecule has 4 nitrogen and oxygen atoms in total. The topological polar surface area (TPSA) is 59.3 Å². The van der Waals surface area contributed by atoms with Gasteiger partial charge in [0, 0.05) is 11.1 Å². The van der Waals surface area contributed by atoms with Crippen LogP contribution in [0.15, 0.2) is 52.2 Å². The normalized spacial score (nSPS) is 13.4. The number of halogens is 1. The average molecular weight is 300 g/mol. The zero-order chi connectivity index (χ0) is 13.9. The molecule has 1 heterocycles. The van der Waals surface area contributed by atoms with E-state index in [0.717, 1.165) is 5.56 Å². The summed E-state index contributed by atoms with van der Waals surface area (Å²) in [7, 11) is -3.52. The molecule has 0 fully saturated rings. The SMILES string of the molecule is C[C@H](Cc1ccoc1)NS(=O)(=O)c1ccc(Cl)cc1. The molecule has 0 spiro atoms. The van der Waals surface area contributed by atoms with Gasteiger partial charge in [0.15, 0.2) is 0 Å². The number of furan rings is 1. The van der Waals surface area contributed by atoms with Crippen LogP contribution in [0.4, 0.5) is 0 Å². The highest BCUT2D eigenvalue weighted by atomic mass is 35.5. The Labute approximate surface area is 117 Å². The highest BCUT2D eigenvalue weighted by Gasteiger charge is 2.17. The lowest BCUT2D eigenvalue weighted by molar-refractivity contribution is 0.549. The molecule has 2 rings (SSSR count). The molecule has 102 valence electrons. The summed E-state index contributed by atoms with van der Waals surface area (Å²) in [6.07, 6.45) is 3.74. The monoisotopic (exact) mass is 299 g/mol. The van der Waals surface area contributed by atoms with Crippen molar-refractivity contribution >= 4 is 21.6 Å². The maximum atomic E-state index is 12.1. The minimum absolute atomic E-state index is 0.205. The molecule has 1 N–H and O–H groups in total. The van der Waals surface area contributed by atoms with Gasteiger partial charge >= 0.3 is 0 Å². The Kier molecular flexibility index (Phi) is 4.29. The van der Waals surface area contributed by atoms with Gasteiger partial charge in [-0.2, -0.15) is 0 Å². The average Bonchev–Trinajstić information content (AvgIpc) is 2.81. The van der Waals surface area contributed by atoms with Crippen molar-refractivity contribution in [3.8, 4) is 0 Å². The predicted octanol–water partition coefficient (Wildman–Crippen LogP) is 2.84. The van der Waals surface area contributed by atoms with Crippen molar-refractivity contribution in [3.05, 3.63) is 53.4 Å². The van der Waals surface area contributed by atoms with Crippen LogP contribution in [0.1, 0.15) is 12.5 Å². The Morgan fingerprint density at radius 1 is 1.26 bits per heavy atom. The number of sulfonamides is 1. The summed E-state index contributed by atoms with van der Waals surface area (Å²) in [5, 5.41) is 0.505. The third-order valence-electron chi connectivity index (χ3n) is 2.60. The van der Waals surface area contributed by atoms with Gasteiger partial charge in [-0.15, -0.1) is 0 Å². The molecule has 1 aromatic heterocycles. The largest absolute Gasteiger partial charge is 0.472 e. The maximum absolute atomic E-state index is 12.1. The summed E-state index contributed by atoms with van der Waals surface area (Å²) in [4.78, 5) is 0.205. The molecule has 0 saturated heterocycles. The van der Waals surface area contributed by atoms with Gasteiger partial charge in [-0.25, -0.2) is 13.1 Å². The van der Waals surface area contributed by atoms with Crippen molar-refractivity contribution in [2.75, 3.05) is 0 Å². The molecule has 0 amide bonds. The van der Waals surface area contributed by atoms with E-state index >= 15 is 0 Å². The standard InChI is InChI=1S/C13H14ClNO3S/c1-10(8-11-6-7-18-9-11)15-19(16,17)13-4-2-12(14)3-5-13/h2-7,9-10,15H,8H2,1H3/t10-/m1/s1. The van der Waals surface area contributed by atoms with E-state index in [-0.39, 0.29) is 10.9 Å². The number of nitrogens with one attached hydrogen (secondary N) is 1. The van der Waals surface area contributed by atoms with Crippen LogP contribution in [-0.2, 0) is 16.4 Å². The van der Waals surface area contributed by atoms with Crippen LogP contribution >= 0.6 is 11.6 Å². The lowest BCUT2D eigenvalue weighted by Gasteiger charge is -2.13. The maximum Gasteiger partial charge on any atom is 0.240 e. The summed E-state index contributed by atoms with van der Waals surface area (Å²) in [5.41, 5.74) is 0.950. The fourth-order valence-electron chi connectivity index (χ4n) is 1.75. The van der Waals surface area contributed by atoms with Crippen molar-refractivity contribution in [1.82, 2.24) is 4.72 Å². The summed E-state index contributed by atoms with van der Waals surface area (Å²) >= 11 is 5.74. The molecule has 1 atom stereocenters. The van der Waals surface area contributed by atoms with Crippen molar-refractivity contribution in [2.45, 2.75) is 24.3 Å². The Balaban J connectivity index is 2.06. The first-order valence-corrected chi connectivity index (χ1v) is 7.62. The van der Waals surface area contributed by atoms with Crippen LogP contribution in [0.25, 0.3) is 0 Å². The molecule has 0 bridgehead atoms. The smallest absolute Gasteiger partial charge is 0.240 e. The molecule has 6 heteroatoms. The fourth-order valence-corrected chi connectivity index (χ4v) is 3.12. The molecule has 1 aromatic carbocycles. The van der Waals surface area contributed by atoms with E-state index in [2.05, 4.69) is 4.72 Å². The molecular formula is C13H14ClNO3S. The highest BCUT2D eigenvalue weighted by molar-refractivity contribution is 7.89. The molecule has 0 aliphatic heterocycles. The van der Waals surface area contributed by atoms with Gasteiger partial charge in [-0.3, -0.25) is 0 Å². The van der Waals surface area contributed by atoms with Crippen molar-refractivity contribution in [3.63, 3.8) is 0 Å². The van der Waals surface area contributed by atoms with Gasteiger partial charge < -0.3 is 4.42 Å². The number of rotatable bonds is 5. The second-order valence-electron chi connectivity index (χ2n) is 4.31. The fraction of sp³-hybridized carbons (Fsp3) is 0.231. The second-order valence-corrected chi connectivity index (χ2v) is 6.46. The Hall–Kier alpha value is -1.30. The van der Waals surface area contributed by atoms with Crippen molar-refractivity contribution in [2.24, 2.45) is 0 Å². The van der Waals surface area contributed by atoms with Crippen molar-refractivity contribution < 1.29 is 12.8 Å². The van der Waals surface area contributed by atoms with Crippen LogP contribution < -0.4 is 4.72 Å². The molecule has 0 unspecified atom stereocenters. The van der Waals surface area contributed by atoms with Crippen LogP contribution in [-0.4, -0.2) is 14.5 Å². The number of hydrogen-bond acceptors (Lipinski definition) is 3. The van der Waals surface area contributed by atoms with Gasteiger partial charge in [-0.05, 0) is 49.2 Å². The lowest BCUT2D eigenvalue weighted by Crippen LogP contribution is -2.34. The molecular weight excluding hydrogens is 286 g/mol. The van der Waals surface area contributed by atoms with Crippen LogP contribution in [0.3, 0.4) is 0 Å². The van der Waals surface area contributed by atoms with E-state index in [1.54, 1.807) is 31.6 Å². The summed E-state index contributed by atoms with van der Waals surface area (Å²) in [6, 6.07) is 7.66. The van der Waals surface area contributed by atoms with E-state index in [0.29, 0.717) is 11.4 Å². The molecule has 2 aromatic rings. The Morgan fingerprint density at radius 3 is 2.53 bits per heavy atom. The first kappa shape index (κ1) is 14.1. The third kappa shape index (κ3) is 3.83. The number of benzene rings is 1. The van der Waals surface area contributed by atoms with E-state index in [9.17, 15) is 8.42 Å².